The zero-order valence-electron chi connectivity index (χ0n) is 8.62. The predicted octanol–water partition coefficient (Wildman–Crippen LogP) is 3.23. The molecule has 0 radical (unpaired) electrons. The van der Waals surface area contributed by atoms with E-state index in [0.29, 0.717) is 5.69 Å². The van der Waals surface area contributed by atoms with Gasteiger partial charge in [-0.3, -0.25) is 4.79 Å². The van der Waals surface area contributed by atoms with Crippen LogP contribution in [0.1, 0.15) is 10.5 Å². The SMILES string of the molecule is Cn1c(C=O)cc2[nH]c3ccc(Br)cc3c21. The van der Waals surface area contributed by atoms with Crippen LogP contribution in [0.4, 0.5) is 0 Å². The summed E-state index contributed by atoms with van der Waals surface area (Å²) in [5.41, 5.74) is 3.83. The Balaban J connectivity index is 2.53. The summed E-state index contributed by atoms with van der Waals surface area (Å²) in [5, 5.41) is 1.12. The Kier molecular flexibility index (Phi) is 1.94. The van der Waals surface area contributed by atoms with Gasteiger partial charge < -0.3 is 9.55 Å². The van der Waals surface area contributed by atoms with Crippen molar-refractivity contribution in [1.29, 1.82) is 0 Å². The van der Waals surface area contributed by atoms with Gasteiger partial charge in [-0.05, 0) is 24.3 Å². The number of fused-ring (bicyclic) bond motifs is 3. The summed E-state index contributed by atoms with van der Waals surface area (Å²) in [6, 6.07) is 7.96. The van der Waals surface area contributed by atoms with Gasteiger partial charge in [0, 0.05) is 22.4 Å². The van der Waals surface area contributed by atoms with Crippen LogP contribution in [0.2, 0.25) is 0 Å². The number of aldehydes is 1. The van der Waals surface area contributed by atoms with Crippen molar-refractivity contribution in [3.63, 3.8) is 0 Å². The molecule has 1 N–H and O–H groups in total. The van der Waals surface area contributed by atoms with Crippen LogP contribution in [0.5, 0.6) is 0 Å². The number of halogens is 1. The highest BCUT2D eigenvalue weighted by Crippen LogP contribution is 2.29. The van der Waals surface area contributed by atoms with Crippen LogP contribution in [-0.2, 0) is 7.05 Å². The Morgan fingerprint density at radius 1 is 1.31 bits per heavy atom. The van der Waals surface area contributed by atoms with Crippen molar-refractivity contribution in [1.82, 2.24) is 9.55 Å². The number of nitrogens with zero attached hydrogens (tertiary/aromatic N) is 1. The van der Waals surface area contributed by atoms with Crippen molar-refractivity contribution in [2.75, 3.05) is 0 Å². The number of aromatic amines is 1. The number of benzene rings is 1. The van der Waals surface area contributed by atoms with E-state index in [2.05, 4.69) is 27.0 Å². The largest absolute Gasteiger partial charge is 0.353 e. The van der Waals surface area contributed by atoms with Crippen LogP contribution < -0.4 is 0 Å². The van der Waals surface area contributed by atoms with E-state index in [1.54, 1.807) is 0 Å². The van der Waals surface area contributed by atoms with Gasteiger partial charge in [0.15, 0.2) is 6.29 Å². The lowest BCUT2D eigenvalue weighted by Crippen LogP contribution is -1.93. The van der Waals surface area contributed by atoms with Gasteiger partial charge in [-0.15, -0.1) is 0 Å². The Morgan fingerprint density at radius 2 is 2.12 bits per heavy atom. The van der Waals surface area contributed by atoms with Gasteiger partial charge >= 0.3 is 0 Å². The third-order valence-corrected chi connectivity index (χ3v) is 3.39. The third-order valence-electron chi connectivity index (χ3n) is 2.90. The second kappa shape index (κ2) is 3.22. The molecule has 0 fully saturated rings. The lowest BCUT2D eigenvalue weighted by molar-refractivity contribution is 0.111. The lowest BCUT2D eigenvalue weighted by Gasteiger charge is -1.97. The smallest absolute Gasteiger partial charge is 0.166 e. The molecule has 0 bridgehead atoms. The Labute approximate surface area is 100 Å². The average Bonchev–Trinajstić information content (AvgIpc) is 2.76. The Hall–Kier alpha value is -1.55. The molecule has 0 spiro atoms. The number of aromatic nitrogens is 2. The summed E-state index contributed by atoms with van der Waals surface area (Å²) in [4.78, 5) is 14.2. The molecular formula is C12H9BrN2O. The zero-order chi connectivity index (χ0) is 11.3. The molecule has 2 heterocycles. The van der Waals surface area contributed by atoms with Crippen LogP contribution in [-0.4, -0.2) is 15.8 Å². The van der Waals surface area contributed by atoms with Crippen molar-refractivity contribution in [3.8, 4) is 0 Å². The first-order chi connectivity index (χ1) is 7.70. The fourth-order valence-corrected chi connectivity index (χ4v) is 2.48. The maximum absolute atomic E-state index is 10.9. The molecule has 1 aromatic carbocycles. The number of hydrogen-bond acceptors (Lipinski definition) is 1. The standard InChI is InChI=1S/C12H9BrN2O/c1-15-8(6-16)5-11-12(15)9-4-7(13)2-3-10(9)14-11/h2-6,14H,1H3. The van der Waals surface area contributed by atoms with Gasteiger partial charge in [-0.1, -0.05) is 15.9 Å². The van der Waals surface area contributed by atoms with Crippen molar-refractivity contribution in [3.05, 3.63) is 34.4 Å². The normalized spacial score (nSPS) is 11.4. The Morgan fingerprint density at radius 3 is 2.88 bits per heavy atom. The first-order valence-electron chi connectivity index (χ1n) is 4.92. The second-order valence-electron chi connectivity index (χ2n) is 3.82. The molecule has 0 atom stereocenters. The van der Waals surface area contributed by atoms with Crippen molar-refractivity contribution >= 4 is 44.2 Å². The molecule has 80 valence electrons. The van der Waals surface area contributed by atoms with Gasteiger partial charge in [0.1, 0.15) is 0 Å². The van der Waals surface area contributed by atoms with Gasteiger partial charge in [0.2, 0.25) is 0 Å². The highest BCUT2D eigenvalue weighted by atomic mass is 79.9. The van der Waals surface area contributed by atoms with Crippen molar-refractivity contribution in [2.24, 2.45) is 7.05 Å². The van der Waals surface area contributed by atoms with Crippen LogP contribution in [0.3, 0.4) is 0 Å². The minimum atomic E-state index is 0.683. The monoisotopic (exact) mass is 276 g/mol. The number of nitrogens with one attached hydrogen (secondary N) is 1. The molecular weight excluding hydrogens is 268 g/mol. The highest BCUT2D eigenvalue weighted by molar-refractivity contribution is 9.10. The van der Waals surface area contributed by atoms with Gasteiger partial charge in [0.25, 0.3) is 0 Å². The number of hydrogen-bond donors (Lipinski definition) is 1. The molecule has 3 rings (SSSR count). The molecule has 16 heavy (non-hydrogen) atoms. The average molecular weight is 277 g/mol. The van der Waals surface area contributed by atoms with E-state index in [0.717, 1.165) is 32.7 Å². The highest BCUT2D eigenvalue weighted by Gasteiger charge is 2.11. The van der Waals surface area contributed by atoms with E-state index in [9.17, 15) is 4.79 Å². The number of carbonyl (C=O) groups excluding carboxylic acids is 1. The van der Waals surface area contributed by atoms with E-state index in [4.69, 9.17) is 0 Å². The van der Waals surface area contributed by atoms with Crippen LogP contribution in [0.15, 0.2) is 28.7 Å². The summed E-state index contributed by atoms with van der Waals surface area (Å²) >= 11 is 3.46. The molecule has 0 saturated carbocycles. The van der Waals surface area contributed by atoms with E-state index in [-0.39, 0.29) is 0 Å². The molecule has 4 heteroatoms. The molecule has 2 aromatic heterocycles. The summed E-state index contributed by atoms with van der Waals surface area (Å²) in [6.07, 6.45) is 0.873. The summed E-state index contributed by atoms with van der Waals surface area (Å²) in [6.45, 7) is 0. The number of aryl methyl sites for hydroxylation is 1. The summed E-state index contributed by atoms with van der Waals surface area (Å²) in [7, 11) is 1.90. The number of rotatable bonds is 1. The molecule has 3 nitrogen and oxygen atoms in total. The summed E-state index contributed by atoms with van der Waals surface area (Å²) in [5.74, 6) is 0. The van der Waals surface area contributed by atoms with Crippen molar-refractivity contribution < 1.29 is 4.79 Å². The molecule has 0 aliphatic rings. The van der Waals surface area contributed by atoms with Crippen LogP contribution >= 0.6 is 15.9 Å². The maximum Gasteiger partial charge on any atom is 0.166 e. The lowest BCUT2D eigenvalue weighted by atomic mass is 10.2. The van der Waals surface area contributed by atoms with Crippen LogP contribution in [0.25, 0.3) is 21.9 Å². The zero-order valence-corrected chi connectivity index (χ0v) is 10.2. The van der Waals surface area contributed by atoms with Gasteiger partial charge in [-0.25, -0.2) is 0 Å². The topological polar surface area (TPSA) is 37.8 Å². The molecule has 0 aliphatic carbocycles. The third kappa shape index (κ3) is 1.16. The molecule has 0 amide bonds. The van der Waals surface area contributed by atoms with Gasteiger partial charge in [0.05, 0.1) is 16.7 Å². The molecule has 3 aromatic rings. The Bertz CT molecular complexity index is 709. The second-order valence-corrected chi connectivity index (χ2v) is 4.74. The van der Waals surface area contributed by atoms with Gasteiger partial charge in [-0.2, -0.15) is 0 Å². The quantitative estimate of drug-likeness (QED) is 0.681. The first kappa shape index (κ1) is 9.66. The van der Waals surface area contributed by atoms with E-state index < -0.39 is 0 Å². The van der Waals surface area contributed by atoms with E-state index in [1.807, 2.05) is 29.8 Å². The molecule has 0 saturated heterocycles. The fraction of sp³-hybridized carbons (Fsp3) is 0.0833. The minimum Gasteiger partial charge on any atom is -0.353 e. The minimum absolute atomic E-state index is 0.683. The van der Waals surface area contributed by atoms with E-state index >= 15 is 0 Å². The number of carbonyl (C=O) groups is 1. The van der Waals surface area contributed by atoms with E-state index in [1.165, 1.54) is 0 Å². The molecule has 0 unspecified atom stereocenters. The van der Waals surface area contributed by atoms with Crippen molar-refractivity contribution in [2.45, 2.75) is 0 Å². The van der Waals surface area contributed by atoms with Crippen LogP contribution in [0, 0.1) is 0 Å². The number of H-pyrrole nitrogens is 1. The maximum atomic E-state index is 10.9. The predicted molar refractivity (Wildman–Crippen MR) is 67.9 cm³/mol. The molecule has 0 aliphatic heterocycles. The fourth-order valence-electron chi connectivity index (χ4n) is 2.12. The first-order valence-corrected chi connectivity index (χ1v) is 5.72. The summed E-state index contributed by atoms with van der Waals surface area (Å²) < 4.78 is 2.95.